The maximum Gasteiger partial charge on any atom is 0.119 e. The van der Waals surface area contributed by atoms with E-state index in [1.807, 2.05) is 24.8 Å². The van der Waals surface area contributed by atoms with Crippen LogP contribution in [0.2, 0.25) is 0 Å². The van der Waals surface area contributed by atoms with E-state index in [1.165, 1.54) is 13.0 Å². The summed E-state index contributed by atoms with van der Waals surface area (Å²) in [5.74, 6) is 1.97. The van der Waals surface area contributed by atoms with Crippen molar-refractivity contribution >= 4 is 24.2 Å². The highest BCUT2D eigenvalue weighted by molar-refractivity contribution is 7.99. The number of aromatic nitrogens is 2. The van der Waals surface area contributed by atoms with Crippen molar-refractivity contribution in [3.05, 3.63) is 17.8 Å². The van der Waals surface area contributed by atoms with E-state index in [2.05, 4.69) is 21.6 Å². The van der Waals surface area contributed by atoms with Gasteiger partial charge in [0.2, 0.25) is 0 Å². The molecule has 0 amide bonds. The SMILES string of the molecule is Cc1ccc(SCC2CCNC2)nn1.Cl. The van der Waals surface area contributed by atoms with Gasteiger partial charge in [0.05, 0.1) is 5.69 Å². The summed E-state index contributed by atoms with van der Waals surface area (Å²) in [7, 11) is 0. The summed E-state index contributed by atoms with van der Waals surface area (Å²) >= 11 is 1.81. The van der Waals surface area contributed by atoms with Crippen molar-refractivity contribution in [1.82, 2.24) is 15.5 Å². The lowest BCUT2D eigenvalue weighted by Crippen LogP contribution is -2.10. The third-order valence-electron chi connectivity index (χ3n) is 2.40. The Morgan fingerprint density at radius 2 is 2.33 bits per heavy atom. The van der Waals surface area contributed by atoms with Gasteiger partial charge in [-0.15, -0.1) is 29.3 Å². The van der Waals surface area contributed by atoms with Crippen LogP contribution in [0.1, 0.15) is 12.1 Å². The van der Waals surface area contributed by atoms with Crippen molar-refractivity contribution in [2.24, 2.45) is 5.92 Å². The molecule has 84 valence electrons. The normalized spacial score (nSPS) is 19.9. The van der Waals surface area contributed by atoms with Crippen molar-refractivity contribution in [3.63, 3.8) is 0 Å². The Labute approximate surface area is 101 Å². The van der Waals surface area contributed by atoms with Crippen LogP contribution in [0.4, 0.5) is 0 Å². The van der Waals surface area contributed by atoms with Crippen LogP contribution in [0.25, 0.3) is 0 Å². The molecule has 2 heterocycles. The van der Waals surface area contributed by atoms with Crippen LogP contribution in [0.3, 0.4) is 0 Å². The molecule has 0 bridgehead atoms. The zero-order valence-corrected chi connectivity index (χ0v) is 10.4. The standard InChI is InChI=1S/C10H15N3S.ClH/c1-8-2-3-10(13-12-8)14-7-9-4-5-11-6-9;/h2-3,9,11H,4-7H2,1H3;1H. The van der Waals surface area contributed by atoms with E-state index in [4.69, 9.17) is 0 Å². The number of hydrogen-bond donors (Lipinski definition) is 1. The second-order valence-electron chi connectivity index (χ2n) is 3.68. The molecule has 1 aromatic heterocycles. The minimum absolute atomic E-state index is 0. The third-order valence-corrected chi connectivity index (χ3v) is 3.55. The first kappa shape index (κ1) is 12.7. The Kier molecular flexibility index (Phi) is 5.36. The molecule has 1 N–H and O–H groups in total. The summed E-state index contributed by atoms with van der Waals surface area (Å²) < 4.78 is 0. The van der Waals surface area contributed by atoms with Crippen LogP contribution in [-0.4, -0.2) is 29.0 Å². The number of nitrogens with one attached hydrogen (secondary N) is 1. The molecule has 0 radical (unpaired) electrons. The molecule has 3 nitrogen and oxygen atoms in total. The quantitative estimate of drug-likeness (QED) is 0.826. The van der Waals surface area contributed by atoms with Gasteiger partial charge in [0.1, 0.15) is 5.03 Å². The van der Waals surface area contributed by atoms with E-state index in [-0.39, 0.29) is 12.4 Å². The summed E-state index contributed by atoms with van der Waals surface area (Å²) in [4.78, 5) is 0. The lowest BCUT2D eigenvalue weighted by Gasteiger charge is -2.06. The zero-order valence-electron chi connectivity index (χ0n) is 8.77. The lowest BCUT2D eigenvalue weighted by atomic mass is 10.2. The van der Waals surface area contributed by atoms with Gasteiger partial charge in [0.15, 0.2) is 0 Å². The molecule has 0 aromatic carbocycles. The third kappa shape index (κ3) is 3.97. The van der Waals surface area contributed by atoms with Gasteiger partial charge >= 0.3 is 0 Å². The van der Waals surface area contributed by atoms with E-state index in [9.17, 15) is 0 Å². The molecular formula is C10H16ClN3S. The van der Waals surface area contributed by atoms with Crippen LogP contribution in [0, 0.1) is 12.8 Å². The molecule has 0 saturated carbocycles. The number of nitrogens with zero attached hydrogens (tertiary/aromatic N) is 2. The first-order chi connectivity index (χ1) is 6.84. The minimum atomic E-state index is 0. The van der Waals surface area contributed by atoms with Gasteiger partial charge in [0, 0.05) is 5.75 Å². The Hall–Kier alpha value is -0.320. The van der Waals surface area contributed by atoms with Crippen molar-refractivity contribution in [1.29, 1.82) is 0 Å². The molecule has 1 aliphatic rings. The van der Waals surface area contributed by atoms with E-state index in [0.717, 1.165) is 28.9 Å². The van der Waals surface area contributed by atoms with E-state index in [1.54, 1.807) is 0 Å². The number of thioether (sulfide) groups is 1. The van der Waals surface area contributed by atoms with Crippen LogP contribution in [0.15, 0.2) is 17.2 Å². The highest BCUT2D eigenvalue weighted by Gasteiger charge is 2.14. The number of hydrogen-bond acceptors (Lipinski definition) is 4. The van der Waals surface area contributed by atoms with Gasteiger partial charge in [0.25, 0.3) is 0 Å². The molecule has 1 atom stereocenters. The second kappa shape index (κ2) is 6.30. The molecule has 1 aromatic rings. The Morgan fingerprint density at radius 3 is 2.93 bits per heavy atom. The summed E-state index contributed by atoms with van der Waals surface area (Å²) in [6.07, 6.45) is 1.30. The molecule has 1 saturated heterocycles. The van der Waals surface area contributed by atoms with Crippen molar-refractivity contribution in [2.45, 2.75) is 18.4 Å². The molecule has 1 unspecified atom stereocenters. The fourth-order valence-electron chi connectivity index (χ4n) is 1.52. The topological polar surface area (TPSA) is 37.8 Å². The first-order valence-electron chi connectivity index (χ1n) is 4.98. The van der Waals surface area contributed by atoms with E-state index in [0.29, 0.717) is 0 Å². The predicted molar refractivity (Wildman–Crippen MR) is 65.7 cm³/mol. The van der Waals surface area contributed by atoms with Crippen LogP contribution in [-0.2, 0) is 0 Å². The van der Waals surface area contributed by atoms with Gasteiger partial charge in [-0.25, -0.2) is 0 Å². The van der Waals surface area contributed by atoms with Crippen LogP contribution in [0.5, 0.6) is 0 Å². The van der Waals surface area contributed by atoms with Crippen molar-refractivity contribution < 1.29 is 0 Å². The number of aryl methyl sites for hydroxylation is 1. The summed E-state index contributed by atoms with van der Waals surface area (Å²) in [5.41, 5.74) is 0.983. The van der Waals surface area contributed by atoms with E-state index >= 15 is 0 Å². The average Bonchev–Trinajstić information content (AvgIpc) is 2.70. The van der Waals surface area contributed by atoms with Crippen LogP contribution < -0.4 is 5.32 Å². The Morgan fingerprint density at radius 1 is 1.47 bits per heavy atom. The predicted octanol–water partition coefficient (Wildman–Crippen LogP) is 1.91. The fourth-order valence-corrected chi connectivity index (χ4v) is 2.48. The monoisotopic (exact) mass is 245 g/mol. The number of halogens is 1. The molecule has 2 rings (SSSR count). The second-order valence-corrected chi connectivity index (χ2v) is 4.72. The maximum absolute atomic E-state index is 4.13. The Bertz CT molecular complexity index is 285. The largest absolute Gasteiger partial charge is 0.316 e. The van der Waals surface area contributed by atoms with Gasteiger partial charge in [-0.05, 0) is 44.5 Å². The molecule has 1 aliphatic heterocycles. The maximum atomic E-state index is 4.13. The highest BCUT2D eigenvalue weighted by atomic mass is 35.5. The Balaban J connectivity index is 0.00000112. The smallest absolute Gasteiger partial charge is 0.119 e. The molecular weight excluding hydrogens is 230 g/mol. The highest BCUT2D eigenvalue weighted by Crippen LogP contribution is 2.20. The zero-order chi connectivity index (χ0) is 9.80. The lowest BCUT2D eigenvalue weighted by molar-refractivity contribution is 0.662. The van der Waals surface area contributed by atoms with E-state index < -0.39 is 0 Å². The summed E-state index contributed by atoms with van der Waals surface area (Å²) in [6.45, 7) is 4.29. The summed E-state index contributed by atoms with van der Waals surface area (Å²) in [6, 6.07) is 4.07. The average molecular weight is 246 g/mol. The molecule has 1 fully saturated rings. The van der Waals surface area contributed by atoms with Crippen molar-refractivity contribution in [3.8, 4) is 0 Å². The molecule has 0 spiro atoms. The van der Waals surface area contributed by atoms with Gasteiger partial charge < -0.3 is 5.32 Å². The minimum Gasteiger partial charge on any atom is -0.316 e. The van der Waals surface area contributed by atoms with Crippen molar-refractivity contribution in [2.75, 3.05) is 18.8 Å². The van der Waals surface area contributed by atoms with Gasteiger partial charge in [-0.3, -0.25) is 0 Å². The fraction of sp³-hybridized carbons (Fsp3) is 0.600. The van der Waals surface area contributed by atoms with Gasteiger partial charge in [-0.1, -0.05) is 0 Å². The van der Waals surface area contributed by atoms with Crippen LogP contribution >= 0.6 is 24.2 Å². The summed E-state index contributed by atoms with van der Waals surface area (Å²) in [5, 5.41) is 12.6. The molecule has 0 aliphatic carbocycles. The molecule has 15 heavy (non-hydrogen) atoms. The molecule has 5 heteroatoms. The van der Waals surface area contributed by atoms with Gasteiger partial charge in [-0.2, -0.15) is 5.10 Å². The number of rotatable bonds is 3. The first-order valence-corrected chi connectivity index (χ1v) is 5.97.